The Labute approximate surface area is 83.4 Å². The van der Waals surface area contributed by atoms with Crippen LogP contribution in [0.15, 0.2) is 11.6 Å². The van der Waals surface area contributed by atoms with Crippen LogP contribution < -0.4 is 0 Å². The van der Waals surface area contributed by atoms with E-state index < -0.39 is 0 Å². The molecule has 0 spiro atoms. The van der Waals surface area contributed by atoms with Gasteiger partial charge in [-0.1, -0.05) is 39.3 Å². The zero-order chi connectivity index (χ0) is 10.1. The predicted molar refractivity (Wildman–Crippen MR) is 59.7 cm³/mol. The fourth-order valence-electron chi connectivity index (χ4n) is 2.11. The van der Waals surface area contributed by atoms with Crippen molar-refractivity contribution in [1.29, 1.82) is 0 Å². The van der Waals surface area contributed by atoms with Crippen LogP contribution in [-0.2, 0) is 0 Å². The Balaban J connectivity index is 2.64. The maximum atomic E-state index is 2.44. The number of rotatable bonds is 2. The highest BCUT2D eigenvalue weighted by atomic mass is 14.4. The molecule has 0 saturated heterocycles. The van der Waals surface area contributed by atoms with Crippen LogP contribution in [0, 0.1) is 17.3 Å². The highest BCUT2D eigenvalue weighted by molar-refractivity contribution is 5.05. The van der Waals surface area contributed by atoms with Gasteiger partial charge < -0.3 is 0 Å². The SMILES string of the molecule is CC1=CCC(C(C)(C)C(C)C)CC1. The van der Waals surface area contributed by atoms with Crippen molar-refractivity contribution in [3.63, 3.8) is 0 Å². The zero-order valence-electron chi connectivity index (χ0n) is 9.85. The van der Waals surface area contributed by atoms with Gasteiger partial charge in [0.25, 0.3) is 0 Å². The molecule has 0 aliphatic heterocycles. The Hall–Kier alpha value is -0.260. The first-order chi connectivity index (χ1) is 5.94. The van der Waals surface area contributed by atoms with Crippen molar-refractivity contribution < 1.29 is 0 Å². The van der Waals surface area contributed by atoms with Crippen molar-refractivity contribution in [2.24, 2.45) is 17.3 Å². The smallest absolute Gasteiger partial charge is 0.0300 e. The van der Waals surface area contributed by atoms with Gasteiger partial charge in [-0.3, -0.25) is 0 Å². The number of allylic oxidation sites excluding steroid dienone is 2. The molecule has 1 rings (SSSR count). The second kappa shape index (κ2) is 3.86. The van der Waals surface area contributed by atoms with Crippen molar-refractivity contribution >= 4 is 0 Å². The standard InChI is InChI=1S/C13H24/c1-10(2)13(4,5)12-8-6-11(3)7-9-12/h6,10,12H,7-9H2,1-5H3. The molecule has 13 heavy (non-hydrogen) atoms. The average Bonchev–Trinajstić information content (AvgIpc) is 2.04. The summed E-state index contributed by atoms with van der Waals surface area (Å²) in [7, 11) is 0. The first-order valence-corrected chi connectivity index (χ1v) is 5.60. The Morgan fingerprint density at radius 1 is 1.38 bits per heavy atom. The van der Waals surface area contributed by atoms with E-state index in [1.807, 2.05) is 0 Å². The predicted octanol–water partition coefficient (Wildman–Crippen LogP) is 4.42. The Bertz CT molecular complexity index is 196. The molecule has 1 aliphatic rings. The van der Waals surface area contributed by atoms with E-state index in [0.717, 1.165) is 11.8 Å². The van der Waals surface area contributed by atoms with Crippen LogP contribution in [0.1, 0.15) is 53.9 Å². The van der Waals surface area contributed by atoms with Gasteiger partial charge in [0.2, 0.25) is 0 Å². The van der Waals surface area contributed by atoms with Crippen molar-refractivity contribution in [3.05, 3.63) is 11.6 Å². The maximum absolute atomic E-state index is 2.44. The lowest BCUT2D eigenvalue weighted by Crippen LogP contribution is -2.30. The summed E-state index contributed by atoms with van der Waals surface area (Å²) in [5, 5.41) is 0. The molecule has 0 N–H and O–H groups in total. The molecule has 0 heterocycles. The van der Waals surface area contributed by atoms with Gasteiger partial charge in [0.15, 0.2) is 0 Å². The summed E-state index contributed by atoms with van der Waals surface area (Å²) >= 11 is 0. The summed E-state index contributed by atoms with van der Waals surface area (Å²) in [6, 6.07) is 0. The van der Waals surface area contributed by atoms with Crippen LogP contribution in [0.25, 0.3) is 0 Å². The maximum Gasteiger partial charge on any atom is -0.0300 e. The summed E-state index contributed by atoms with van der Waals surface area (Å²) in [5.74, 6) is 1.69. The van der Waals surface area contributed by atoms with E-state index in [-0.39, 0.29) is 0 Å². The van der Waals surface area contributed by atoms with E-state index in [2.05, 4.69) is 40.7 Å². The average molecular weight is 180 g/mol. The minimum absolute atomic E-state index is 0.511. The van der Waals surface area contributed by atoms with Gasteiger partial charge in [-0.05, 0) is 43.4 Å². The number of hydrogen-bond donors (Lipinski definition) is 0. The van der Waals surface area contributed by atoms with Gasteiger partial charge in [0.05, 0.1) is 0 Å². The van der Waals surface area contributed by atoms with Crippen LogP contribution in [0.4, 0.5) is 0 Å². The molecule has 0 bridgehead atoms. The van der Waals surface area contributed by atoms with Crippen molar-refractivity contribution in [2.75, 3.05) is 0 Å². The highest BCUT2D eigenvalue weighted by Crippen LogP contribution is 2.42. The van der Waals surface area contributed by atoms with Crippen LogP contribution in [0.2, 0.25) is 0 Å². The molecule has 0 radical (unpaired) electrons. The summed E-state index contributed by atoms with van der Waals surface area (Å²) in [6.07, 6.45) is 6.46. The molecule has 0 amide bonds. The van der Waals surface area contributed by atoms with Crippen LogP contribution in [-0.4, -0.2) is 0 Å². The van der Waals surface area contributed by atoms with Crippen molar-refractivity contribution in [1.82, 2.24) is 0 Å². The molecule has 0 nitrogen and oxygen atoms in total. The van der Waals surface area contributed by atoms with E-state index in [1.165, 1.54) is 19.3 Å². The topological polar surface area (TPSA) is 0 Å². The molecular weight excluding hydrogens is 156 g/mol. The van der Waals surface area contributed by atoms with Crippen LogP contribution >= 0.6 is 0 Å². The summed E-state index contributed by atoms with van der Waals surface area (Å²) in [6.45, 7) is 11.8. The minimum Gasteiger partial charge on any atom is -0.0853 e. The van der Waals surface area contributed by atoms with Gasteiger partial charge in [0.1, 0.15) is 0 Å². The van der Waals surface area contributed by atoms with E-state index >= 15 is 0 Å². The first-order valence-electron chi connectivity index (χ1n) is 5.60. The lowest BCUT2D eigenvalue weighted by Gasteiger charge is -2.39. The molecule has 1 aliphatic carbocycles. The van der Waals surface area contributed by atoms with E-state index in [4.69, 9.17) is 0 Å². The largest absolute Gasteiger partial charge is 0.0853 e. The molecule has 1 atom stereocenters. The summed E-state index contributed by atoms with van der Waals surface area (Å²) in [5.41, 5.74) is 2.10. The lowest BCUT2D eigenvalue weighted by atomic mass is 9.66. The fourth-order valence-corrected chi connectivity index (χ4v) is 2.11. The third kappa shape index (κ3) is 2.36. The quantitative estimate of drug-likeness (QED) is 0.552. The molecule has 1 unspecified atom stereocenters. The third-order valence-corrected chi connectivity index (χ3v) is 4.18. The molecule has 0 saturated carbocycles. The Morgan fingerprint density at radius 2 is 2.00 bits per heavy atom. The molecule has 0 aromatic heterocycles. The van der Waals surface area contributed by atoms with Crippen LogP contribution in [0.3, 0.4) is 0 Å². The fraction of sp³-hybridized carbons (Fsp3) is 0.846. The zero-order valence-corrected chi connectivity index (χ0v) is 9.85. The second-order valence-electron chi connectivity index (χ2n) is 5.50. The number of hydrogen-bond acceptors (Lipinski definition) is 0. The molecule has 76 valence electrons. The van der Waals surface area contributed by atoms with Crippen LogP contribution in [0.5, 0.6) is 0 Å². The molecule has 0 heteroatoms. The van der Waals surface area contributed by atoms with E-state index in [9.17, 15) is 0 Å². The van der Waals surface area contributed by atoms with Crippen molar-refractivity contribution in [2.45, 2.75) is 53.9 Å². The third-order valence-electron chi connectivity index (χ3n) is 4.18. The molecular formula is C13H24. The molecule has 0 fully saturated rings. The minimum atomic E-state index is 0.511. The molecule has 0 aromatic rings. The van der Waals surface area contributed by atoms with Crippen molar-refractivity contribution in [3.8, 4) is 0 Å². The second-order valence-corrected chi connectivity index (χ2v) is 5.50. The summed E-state index contributed by atoms with van der Waals surface area (Å²) < 4.78 is 0. The first kappa shape index (κ1) is 10.8. The molecule has 0 aromatic carbocycles. The van der Waals surface area contributed by atoms with Gasteiger partial charge in [-0.2, -0.15) is 0 Å². The van der Waals surface area contributed by atoms with Gasteiger partial charge in [0, 0.05) is 0 Å². The monoisotopic (exact) mass is 180 g/mol. The summed E-state index contributed by atoms with van der Waals surface area (Å²) in [4.78, 5) is 0. The van der Waals surface area contributed by atoms with E-state index in [1.54, 1.807) is 5.57 Å². The van der Waals surface area contributed by atoms with Gasteiger partial charge in [-0.25, -0.2) is 0 Å². The Morgan fingerprint density at radius 3 is 2.38 bits per heavy atom. The van der Waals surface area contributed by atoms with Gasteiger partial charge in [-0.15, -0.1) is 0 Å². The normalized spacial score (nSPS) is 24.8. The Kier molecular flexibility index (Phi) is 3.21. The van der Waals surface area contributed by atoms with Gasteiger partial charge >= 0.3 is 0 Å². The van der Waals surface area contributed by atoms with E-state index in [0.29, 0.717) is 5.41 Å². The highest BCUT2D eigenvalue weighted by Gasteiger charge is 2.32. The lowest BCUT2D eigenvalue weighted by molar-refractivity contribution is 0.126.